The summed E-state index contributed by atoms with van der Waals surface area (Å²) in [6.45, 7) is 4.96. The van der Waals surface area contributed by atoms with Crippen LogP contribution >= 0.6 is 0 Å². The van der Waals surface area contributed by atoms with Gasteiger partial charge >= 0.3 is 17.9 Å². The molecule has 0 aromatic heterocycles. The minimum atomic E-state index is -1.51. The van der Waals surface area contributed by atoms with Crippen LogP contribution in [-0.2, 0) is 33.3 Å². The molecular weight excluding hydrogens is 1100 g/mol. The molecule has 0 fully saturated rings. The van der Waals surface area contributed by atoms with Crippen LogP contribution in [-0.4, -0.2) is 87.4 Å². The van der Waals surface area contributed by atoms with Crippen LogP contribution in [0.3, 0.4) is 0 Å². The fraction of sp³-hybridized carbons (Fsp3) is 0.912. The van der Waals surface area contributed by atoms with Crippen molar-refractivity contribution in [3.63, 3.8) is 0 Å². The number of hydrogen-bond acceptors (Lipinski definition) is 7. The lowest BCUT2D eigenvalue weighted by molar-refractivity contribution is -0.870. The number of allylic oxidation sites excluding steroid dienone is 4. The first-order valence-corrected chi connectivity index (χ1v) is 39.5. The monoisotopic (exact) mass is 1260 g/mol. The lowest BCUT2D eigenvalue weighted by Gasteiger charge is -2.25. The topological polar surface area (TPSA) is 108 Å². The zero-order valence-electron chi connectivity index (χ0n) is 60.4. The predicted molar refractivity (Wildman–Crippen MR) is 383 cm³/mol. The number of rotatable bonds is 75. The van der Waals surface area contributed by atoms with Gasteiger partial charge in [-0.2, -0.15) is 0 Å². The van der Waals surface area contributed by atoms with Crippen molar-refractivity contribution in [1.82, 2.24) is 0 Å². The van der Waals surface area contributed by atoms with Crippen molar-refractivity contribution in [2.45, 2.75) is 424 Å². The van der Waals surface area contributed by atoms with E-state index >= 15 is 0 Å². The zero-order valence-corrected chi connectivity index (χ0v) is 60.4. The van der Waals surface area contributed by atoms with Crippen molar-refractivity contribution in [1.29, 1.82) is 0 Å². The van der Waals surface area contributed by atoms with E-state index in [0.717, 1.165) is 44.9 Å². The van der Waals surface area contributed by atoms with E-state index in [0.29, 0.717) is 17.4 Å². The van der Waals surface area contributed by atoms with Crippen LogP contribution in [0.4, 0.5) is 0 Å². The van der Waals surface area contributed by atoms with Gasteiger partial charge in [0.25, 0.3) is 6.29 Å². The first-order chi connectivity index (χ1) is 43.6. The molecule has 0 saturated carbocycles. The van der Waals surface area contributed by atoms with Crippen molar-refractivity contribution >= 4 is 17.9 Å². The molecule has 0 aromatic rings. The molecule has 9 heteroatoms. The summed E-state index contributed by atoms with van der Waals surface area (Å²) in [5.74, 6) is -1.97. The quantitative estimate of drug-likeness (QED) is 0.0211. The Labute approximate surface area is 554 Å². The number of hydrogen-bond donors (Lipinski definition) is 1. The maximum atomic E-state index is 13.0. The molecule has 0 aliphatic heterocycles. The van der Waals surface area contributed by atoms with Gasteiger partial charge in [-0.15, -0.1) is 0 Å². The van der Waals surface area contributed by atoms with E-state index in [-0.39, 0.29) is 38.2 Å². The van der Waals surface area contributed by atoms with Gasteiger partial charge in [0, 0.05) is 12.8 Å². The first-order valence-electron chi connectivity index (χ1n) is 39.5. The van der Waals surface area contributed by atoms with Crippen molar-refractivity contribution in [2.24, 2.45) is 0 Å². The van der Waals surface area contributed by atoms with E-state index < -0.39 is 18.4 Å². The summed E-state index contributed by atoms with van der Waals surface area (Å²) in [7, 11) is 6.00. The van der Waals surface area contributed by atoms with Crippen LogP contribution in [0.15, 0.2) is 24.3 Å². The third-order valence-electron chi connectivity index (χ3n) is 18.2. The normalized spacial score (nSPS) is 12.7. The summed E-state index contributed by atoms with van der Waals surface area (Å²) >= 11 is 0. The van der Waals surface area contributed by atoms with Gasteiger partial charge in [0.05, 0.1) is 34.4 Å². The number of carboxylic acids is 1. The first kappa shape index (κ1) is 86.8. The summed E-state index contributed by atoms with van der Waals surface area (Å²) in [5.41, 5.74) is 0. The second-order valence-corrected chi connectivity index (χ2v) is 28.4. The highest BCUT2D eigenvalue weighted by Gasteiger charge is 2.25. The molecule has 526 valence electrons. The largest absolute Gasteiger partial charge is 0.477 e. The molecule has 0 aliphatic rings. The average molecular weight is 1260 g/mol. The molecule has 1 N–H and O–H groups in total. The number of likely N-dealkylation sites (N-methyl/N-ethyl adjacent to an activating group) is 1. The smallest absolute Gasteiger partial charge is 0.361 e. The Kier molecular flexibility index (Phi) is 69.8. The highest BCUT2D eigenvalue weighted by Crippen LogP contribution is 2.20. The van der Waals surface area contributed by atoms with Crippen LogP contribution in [0, 0.1) is 0 Å². The molecule has 0 heterocycles. The van der Waals surface area contributed by atoms with E-state index in [1.165, 1.54) is 340 Å². The van der Waals surface area contributed by atoms with Crippen LogP contribution in [0.2, 0.25) is 0 Å². The summed E-state index contributed by atoms with van der Waals surface area (Å²) in [5, 5.41) is 9.77. The molecule has 89 heavy (non-hydrogen) atoms. The van der Waals surface area contributed by atoms with E-state index in [9.17, 15) is 19.5 Å². The van der Waals surface area contributed by atoms with Gasteiger partial charge in [0.2, 0.25) is 0 Å². The standard InChI is InChI=1S/C80H153NO8/c1-6-8-10-12-14-16-18-20-22-24-26-28-30-32-34-35-36-37-38-39-40-41-42-43-45-47-49-51-53-55-57-59-61-63-65-67-69-71-78(83)89-76(75-88-80(79(84)85)86-73-72-81(3,4)5)74-87-77(82)70-68-66-64-62-60-58-56-54-52-50-48-46-44-33-31-29-27-25-23-21-19-17-15-13-11-9-7-2/h18,20,24,26,76,80H,6-17,19,21-23,25,27-75H2,1-5H3/p+1/b20-18-,26-24-. The van der Waals surface area contributed by atoms with Crippen molar-refractivity contribution in [3.05, 3.63) is 24.3 Å². The van der Waals surface area contributed by atoms with Gasteiger partial charge in [0.15, 0.2) is 6.10 Å². The highest BCUT2D eigenvalue weighted by atomic mass is 16.7. The Morgan fingerprint density at radius 3 is 0.888 bits per heavy atom. The highest BCUT2D eigenvalue weighted by molar-refractivity contribution is 5.71. The predicted octanol–water partition coefficient (Wildman–Crippen LogP) is 24.9. The number of unbranched alkanes of at least 4 members (excludes halogenated alkanes) is 56. The molecule has 0 saturated heterocycles. The molecule has 0 aromatic carbocycles. The zero-order chi connectivity index (χ0) is 64.7. The molecule has 9 nitrogen and oxygen atoms in total. The second-order valence-electron chi connectivity index (χ2n) is 28.4. The number of esters is 2. The Morgan fingerprint density at radius 2 is 0.607 bits per heavy atom. The Morgan fingerprint density at radius 1 is 0.337 bits per heavy atom. The maximum Gasteiger partial charge on any atom is 0.361 e. The van der Waals surface area contributed by atoms with E-state index in [2.05, 4.69) is 38.2 Å². The third kappa shape index (κ3) is 73.1. The minimum Gasteiger partial charge on any atom is -0.477 e. The van der Waals surface area contributed by atoms with Gasteiger partial charge in [0.1, 0.15) is 13.2 Å². The molecule has 0 spiro atoms. The van der Waals surface area contributed by atoms with Crippen molar-refractivity contribution in [2.75, 3.05) is 47.5 Å². The van der Waals surface area contributed by atoms with Crippen LogP contribution in [0.5, 0.6) is 0 Å². The summed E-state index contributed by atoms with van der Waals surface area (Å²) in [6.07, 6.45) is 87.6. The van der Waals surface area contributed by atoms with Crippen LogP contribution in [0.1, 0.15) is 412 Å². The number of carbonyl (C=O) groups excluding carboxylic acids is 2. The molecule has 0 bridgehead atoms. The van der Waals surface area contributed by atoms with Gasteiger partial charge in [-0.05, 0) is 44.9 Å². The minimum absolute atomic E-state index is 0.173. The number of quaternary nitrogens is 1. The number of nitrogens with zero attached hydrogens (tertiary/aromatic N) is 1. The summed E-state index contributed by atoms with van der Waals surface area (Å²) in [4.78, 5) is 37.7. The van der Waals surface area contributed by atoms with Gasteiger partial charge in [-0.25, -0.2) is 4.79 Å². The molecule has 2 unspecified atom stereocenters. The molecule has 0 amide bonds. The van der Waals surface area contributed by atoms with E-state index in [1.807, 2.05) is 21.1 Å². The van der Waals surface area contributed by atoms with Gasteiger partial charge < -0.3 is 28.5 Å². The molecular formula is C80H154NO8+. The van der Waals surface area contributed by atoms with Gasteiger partial charge in [-0.1, -0.05) is 378 Å². The summed E-state index contributed by atoms with van der Waals surface area (Å²) in [6, 6.07) is 0. The second kappa shape index (κ2) is 71.6. The van der Waals surface area contributed by atoms with E-state index in [1.54, 1.807) is 0 Å². The Bertz CT molecular complexity index is 1510. The Hall–Kier alpha value is -2.23. The number of aliphatic carboxylic acids is 1. The van der Waals surface area contributed by atoms with Crippen LogP contribution in [0.25, 0.3) is 0 Å². The lowest BCUT2D eigenvalue weighted by Crippen LogP contribution is -2.40. The molecule has 2 atom stereocenters. The van der Waals surface area contributed by atoms with Gasteiger partial charge in [-0.3, -0.25) is 9.59 Å². The maximum absolute atomic E-state index is 13.0. The number of carboxylic acid groups (broad SMARTS) is 1. The Balaban J connectivity index is 3.96. The van der Waals surface area contributed by atoms with Crippen molar-refractivity contribution < 1.29 is 42.9 Å². The lowest BCUT2D eigenvalue weighted by atomic mass is 10.0. The fourth-order valence-electron chi connectivity index (χ4n) is 12.2. The average Bonchev–Trinajstić information content (AvgIpc) is 3.70. The number of carbonyl (C=O) groups is 3. The fourth-order valence-corrected chi connectivity index (χ4v) is 12.2. The third-order valence-corrected chi connectivity index (χ3v) is 18.2. The van der Waals surface area contributed by atoms with Crippen LogP contribution < -0.4 is 0 Å². The van der Waals surface area contributed by atoms with E-state index in [4.69, 9.17) is 18.9 Å². The summed E-state index contributed by atoms with van der Waals surface area (Å²) < 4.78 is 23.1. The molecule has 0 radical (unpaired) electrons. The van der Waals surface area contributed by atoms with Crippen molar-refractivity contribution in [3.8, 4) is 0 Å². The molecule has 0 aliphatic carbocycles. The SMILES string of the molecule is CCCCCCC/C=C\C/C=C\CCCCCCCCCCCCCCCCCCCCCCCCCCCC(=O)OC(COC(=O)CCCCCCCCCCCCCCCCCCCCCCCCCCCCC)COC(OCC[N+](C)(C)C)C(=O)O. The number of ether oxygens (including phenoxy) is 4. The molecule has 0 rings (SSSR count).